The molecule has 2 nitrogen and oxygen atoms in total. The van der Waals surface area contributed by atoms with Crippen molar-refractivity contribution < 1.29 is 5.11 Å². The molecular formula is C11H22ClNO. The van der Waals surface area contributed by atoms with Gasteiger partial charge in [-0.2, -0.15) is 0 Å². The highest BCUT2D eigenvalue weighted by Crippen LogP contribution is 2.20. The van der Waals surface area contributed by atoms with Crippen molar-refractivity contribution in [1.82, 2.24) is 5.32 Å². The monoisotopic (exact) mass is 219 g/mol. The average Bonchev–Trinajstić information content (AvgIpc) is 2.15. The minimum Gasteiger partial charge on any atom is -0.396 e. The van der Waals surface area contributed by atoms with Crippen LogP contribution in [0.25, 0.3) is 0 Å². The Morgan fingerprint density at radius 2 is 2.07 bits per heavy atom. The van der Waals surface area contributed by atoms with Crippen molar-refractivity contribution in [3.8, 4) is 0 Å². The number of aliphatic hydroxyl groups excluding tert-OH is 1. The molecule has 0 atom stereocenters. The summed E-state index contributed by atoms with van der Waals surface area (Å²) in [5.74, 6) is 0.579. The van der Waals surface area contributed by atoms with Gasteiger partial charge in [0.05, 0.1) is 0 Å². The Balaban J connectivity index is 3.49. The molecule has 0 saturated heterocycles. The van der Waals surface area contributed by atoms with Gasteiger partial charge in [-0.05, 0) is 18.3 Å². The summed E-state index contributed by atoms with van der Waals surface area (Å²) in [6, 6.07) is 0. The van der Waals surface area contributed by atoms with Gasteiger partial charge in [0.15, 0.2) is 0 Å². The normalized spacial score (nSPS) is 12.6. The second-order valence-corrected chi connectivity index (χ2v) is 4.56. The average molecular weight is 220 g/mol. The first-order valence-corrected chi connectivity index (χ1v) is 5.68. The fraction of sp³-hybridized carbons (Fsp3) is 0.818. The lowest BCUT2D eigenvalue weighted by Crippen LogP contribution is -2.29. The van der Waals surface area contributed by atoms with Crippen LogP contribution in [0.4, 0.5) is 0 Å². The third-order valence-electron chi connectivity index (χ3n) is 2.13. The second-order valence-electron chi connectivity index (χ2n) is 4.25. The Morgan fingerprint density at radius 3 is 2.64 bits per heavy atom. The van der Waals surface area contributed by atoms with Crippen LogP contribution >= 0.6 is 11.6 Å². The Bertz CT molecular complexity index is 157. The molecular weight excluding hydrogens is 198 g/mol. The molecule has 14 heavy (non-hydrogen) atoms. The van der Waals surface area contributed by atoms with E-state index in [0.29, 0.717) is 5.88 Å². The van der Waals surface area contributed by atoms with Crippen LogP contribution < -0.4 is 5.32 Å². The van der Waals surface area contributed by atoms with E-state index in [9.17, 15) is 0 Å². The highest BCUT2D eigenvalue weighted by Gasteiger charge is 2.15. The number of hydrogen-bond donors (Lipinski definition) is 2. The first-order valence-electron chi connectivity index (χ1n) is 5.15. The third kappa shape index (κ3) is 8.54. The van der Waals surface area contributed by atoms with Crippen molar-refractivity contribution in [2.24, 2.45) is 5.41 Å². The summed E-state index contributed by atoms with van der Waals surface area (Å²) in [6.07, 6.45) is 5.91. The molecule has 0 aromatic carbocycles. The summed E-state index contributed by atoms with van der Waals surface area (Å²) in [4.78, 5) is 0. The Morgan fingerprint density at radius 1 is 1.36 bits per heavy atom. The van der Waals surface area contributed by atoms with E-state index in [2.05, 4.69) is 19.2 Å². The molecule has 2 N–H and O–H groups in total. The van der Waals surface area contributed by atoms with Crippen LogP contribution in [0, 0.1) is 5.41 Å². The zero-order valence-corrected chi connectivity index (χ0v) is 9.98. The number of nitrogens with one attached hydrogen (secondary N) is 1. The molecule has 0 heterocycles. The summed E-state index contributed by atoms with van der Waals surface area (Å²) in [5.41, 5.74) is 0.261. The highest BCUT2D eigenvalue weighted by molar-refractivity contribution is 6.18. The predicted octanol–water partition coefficient (Wildman–Crippen LogP) is 2.17. The number of alkyl halides is 1. The first-order chi connectivity index (χ1) is 6.62. The van der Waals surface area contributed by atoms with Crippen molar-refractivity contribution in [2.45, 2.75) is 26.7 Å². The van der Waals surface area contributed by atoms with Crippen LogP contribution in [0.1, 0.15) is 26.7 Å². The second kappa shape index (κ2) is 8.27. The largest absolute Gasteiger partial charge is 0.396 e. The van der Waals surface area contributed by atoms with E-state index in [4.69, 9.17) is 16.7 Å². The number of hydrogen-bond acceptors (Lipinski definition) is 2. The molecule has 0 fully saturated rings. The van der Waals surface area contributed by atoms with Crippen LogP contribution in [-0.2, 0) is 0 Å². The van der Waals surface area contributed by atoms with E-state index in [0.717, 1.165) is 25.9 Å². The van der Waals surface area contributed by atoms with Crippen LogP contribution in [0.2, 0.25) is 0 Å². The number of allylic oxidation sites excluding steroid dienone is 1. The maximum atomic E-state index is 8.72. The van der Waals surface area contributed by atoms with Crippen LogP contribution in [0.15, 0.2) is 12.2 Å². The van der Waals surface area contributed by atoms with Gasteiger partial charge in [-0.25, -0.2) is 0 Å². The maximum absolute atomic E-state index is 8.72. The van der Waals surface area contributed by atoms with Crippen LogP contribution in [-0.4, -0.2) is 30.7 Å². The molecule has 84 valence electrons. The summed E-state index contributed by atoms with van der Waals surface area (Å²) >= 11 is 5.50. The van der Waals surface area contributed by atoms with Crippen LogP contribution in [0.3, 0.4) is 0 Å². The highest BCUT2D eigenvalue weighted by atomic mass is 35.5. The Hall–Kier alpha value is -0.0500. The zero-order valence-electron chi connectivity index (χ0n) is 9.22. The van der Waals surface area contributed by atoms with Crippen LogP contribution in [0.5, 0.6) is 0 Å². The van der Waals surface area contributed by atoms with Crippen molar-refractivity contribution in [2.75, 3.05) is 25.6 Å². The summed E-state index contributed by atoms with van der Waals surface area (Å²) in [6.45, 7) is 6.55. The molecule has 3 heteroatoms. The van der Waals surface area contributed by atoms with Gasteiger partial charge in [0.2, 0.25) is 0 Å². The van der Waals surface area contributed by atoms with Gasteiger partial charge in [-0.1, -0.05) is 26.0 Å². The summed E-state index contributed by atoms with van der Waals surface area (Å²) < 4.78 is 0. The van der Waals surface area contributed by atoms with E-state index in [-0.39, 0.29) is 12.0 Å². The minimum atomic E-state index is 0.261. The van der Waals surface area contributed by atoms with E-state index < -0.39 is 0 Å². The summed E-state index contributed by atoms with van der Waals surface area (Å²) in [7, 11) is 0. The fourth-order valence-corrected chi connectivity index (χ4v) is 1.41. The Kier molecular flexibility index (Phi) is 8.24. The first kappa shape index (κ1) is 13.9. The van der Waals surface area contributed by atoms with E-state index in [1.807, 2.05) is 12.2 Å². The molecule has 0 amide bonds. The Labute approximate surface area is 92.3 Å². The molecule has 0 aliphatic heterocycles. The summed E-state index contributed by atoms with van der Waals surface area (Å²) in [5, 5.41) is 12.1. The van der Waals surface area contributed by atoms with Crippen molar-refractivity contribution in [1.29, 1.82) is 0 Å². The molecule has 0 saturated carbocycles. The molecule has 0 rings (SSSR count). The smallest absolute Gasteiger partial charge is 0.0431 e. The molecule has 0 aromatic rings. The van der Waals surface area contributed by atoms with Crippen molar-refractivity contribution >= 4 is 11.6 Å². The molecule has 0 unspecified atom stereocenters. The van der Waals surface area contributed by atoms with Gasteiger partial charge in [0, 0.05) is 25.6 Å². The van der Waals surface area contributed by atoms with Gasteiger partial charge >= 0.3 is 0 Å². The predicted molar refractivity (Wildman–Crippen MR) is 62.8 cm³/mol. The van der Waals surface area contributed by atoms with E-state index in [1.54, 1.807) is 0 Å². The minimum absolute atomic E-state index is 0.261. The lowest BCUT2D eigenvalue weighted by molar-refractivity contribution is 0.238. The number of halogens is 1. The molecule has 0 radical (unpaired) electrons. The van der Waals surface area contributed by atoms with Crippen molar-refractivity contribution in [3.63, 3.8) is 0 Å². The number of aliphatic hydroxyl groups is 1. The number of rotatable bonds is 8. The molecule has 0 aromatic heterocycles. The standard InChI is InChI=1S/C11H22ClNO/c1-11(2,6-5-9-14)10-13-8-4-3-7-12/h3-4,13-14H,5-10H2,1-2H3/b4-3+. The zero-order chi connectivity index (χ0) is 10.9. The van der Waals surface area contributed by atoms with E-state index in [1.165, 1.54) is 0 Å². The SMILES string of the molecule is CC(C)(CCCO)CNC/C=C/CCl. The van der Waals surface area contributed by atoms with Gasteiger partial charge in [-0.3, -0.25) is 0 Å². The molecule has 0 aliphatic carbocycles. The van der Waals surface area contributed by atoms with E-state index >= 15 is 0 Å². The third-order valence-corrected chi connectivity index (χ3v) is 2.31. The van der Waals surface area contributed by atoms with Gasteiger partial charge < -0.3 is 10.4 Å². The lowest BCUT2D eigenvalue weighted by Gasteiger charge is -2.24. The quantitative estimate of drug-likeness (QED) is 0.373. The van der Waals surface area contributed by atoms with Crippen molar-refractivity contribution in [3.05, 3.63) is 12.2 Å². The fourth-order valence-electron chi connectivity index (χ4n) is 1.29. The molecule has 0 spiro atoms. The maximum Gasteiger partial charge on any atom is 0.0431 e. The topological polar surface area (TPSA) is 32.3 Å². The lowest BCUT2D eigenvalue weighted by atomic mass is 9.88. The van der Waals surface area contributed by atoms with Gasteiger partial charge in [0.1, 0.15) is 0 Å². The van der Waals surface area contributed by atoms with Gasteiger partial charge in [0.25, 0.3) is 0 Å². The molecule has 0 bridgehead atoms. The van der Waals surface area contributed by atoms with Gasteiger partial charge in [-0.15, -0.1) is 11.6 Å². The molecule has 0 aliphatic rings.